The van der Waals surface area contributed by atoms with Crippen molar-refractivity contribution in [2.45, 2.75) is 11.3 Å². The summed E-state index contributed by atoms with van der Waals surface area (Å²) in [6.07, 6.45) is 2.56. The number of rotatable bonds is 4. The van der Waals surface area contributed by atoms with Crippen molar-refractivity contribution < 1.29 is 0 Å². The topological polar surface area (TPSA) is 56.9 Å². The van der Waals surface area contributed by atoms with Crippen LogP contribution in [0.25, 0.3) is 11.0 Å². The molecule has 0 spiro atoms. The maximum Gasteiger partial charge on any atom is 0.332 e. The molecule has 2 aromatic heterocycles. The van der Waals surface area contributed by atoms with Crippen molar-refractivity contribution in [1.82, 2.24) is 14.1 Å². The third kappa shape index (κ3) is 2.94. The zero-order valence-corrected chi connectivity index (χ0v) is 13.8. The van der Waals surface area contributed by atoms with Gasteiger partial charge < -0.3 is 0 Å². The summed E-state index contributed by atoms with van der Waals surface area (Å²) in [5.41, 5.74) is 1.04. The fourth-order valence-corrected chi connectivity index (χ4v) is 3.54. The van der Waals surface area contributed by atoms with E-state index >= 15 is 0 Å². The van der Waals surface area contributed by atoms with Gasteiger partial charge in [0.25, 0.3) is 5.56 Å². The number of hydrogen-bond acceptors (Lipinski definition) is 4. The van der Waals surface area contributed by atoms with Crippen molar-refractivity contribution in [3.8, 4) is 0 Å². The van der Waals surface area contributed by atoms with Gasteiger partial charge >= 0.3 is 5.69 Å². The molecule has 0 N–H and O–H groups in total. The van der Waals surface area contributed by atoms with Gasteiger partial charge in [-0.15, -0.1) is 11.8 Å². The lowest BCUT2D eigenvalue weighted by atomic mass is 10.2. The molecule has 0 saturated carbocycles. The molecular formula is C17H17N3O2S. The van der Waals surface area contributed by atoms with Crippen LogP contribution in [0.5, 0.6) is 0 Å². The molecular weight excluding hydrogens is 310 g/mol. The highest BCUT2D eigenvalue weighted by Crippen LogP contribution is 2.24. The fourth-order valence-electron chi connectivity index (χ4n) is 2.50. The number of fused-ring (bicyclic) bond motifs is 1. The standard InChI is InChI=1S/C17H17N3O2S/c1-19-15-14(16(21)20(2)17(19)22)13(8-10-18-15)23-11-9-12-6-4-3-5-7-12/h3-8,10H,9,11H2,1-2H3. The molecule has 0 aliphatic heterocycles. The zero-order valence-electron chi connectivity index (χ0n) is 13.0. The van der Waals surface area contributed by atoms with Crippen molar-refractivity contribution >= 4 is 22.8 Å². The third-order valence-corrected chi connectivity index (χ3v) is 4.85. The summed E-state index contributed by atoms with van der Waals surface area (Å²) in [5.74, 6) is 0.856. The number of benzene rings is 1. The molecule has 23 heavy (non-hydrogen) atoms. The van der Waals surface area contributed by atoms with Gasteiger partial charge in [-0.25, -0.2) is 9.78 Å². The van der Waals surface area contributed by atoms with Crippen molar-refractivity contribution in [2.75, 3.05) is 5.75 Å². The van der Waals surface area contributed by atoms with Gasteiger partial charge in [0.2, 0.25) is 0 Å². The van der Waals surface area contributed by atoms with E-state index in [2.05, 4.69) is 17.1 Å². The number of aryl methyl sites for hydroxylation is 2. The summed E-state index contributed by atoms with van der Waals surface area (Å²) in [6.45, 7) is 0. The number of hydrogen-bond donors (Lipinski definition) is 0. The van der Waals surface area contributed by atoms with Gasteiger partial charge in [-0.1, -0.05) is 30.3 Å². The highest BCUT2D eigenvalue weighted by atomic mass is 32.2. The number of pyridine rings is 1. The Kier molecular flexibility index (Phi) is 4.34. The Hall–Kier alpha value is -2.34. The summed E-state index contributed by atoms with van der Waals surface area (Å²) in [6, 6.07) is 12.1. The van der Waals surface area contributed by atoms with Crippen LogP contribution in [-0.2, 0) is 20.5 Å². The molecule has 1 aromatic carbocycles. The van der Waals surface area contributed by atoms with Crippen LogP contribution in [0.15, 0.2) is 57.1 Å². The average molecular weight is 327 g/mol. The first-order valence-electron chi connectivity index (χ1n) is 7.31. The van der Waals surface area contributed by atoms with Crippen LogP contribution in [-0.4, -0.2) is 19.9 Å². The molecule has 0 unspecified atom stereocenters. The van der Waals surface area contributed by atoms with Crippen LogP contribution in [0, 0.1) is 0 Å². The molecule has 0 amide bonds. The Morgan fingerprint density at radius 1 is 1.04 bits per heavy atom. The lowest BCUT2D eigenvalue weighted by Crippen LogP contribution is -2.37. The van der Waals surface area contributed by atoms with E-state index in [4.69, 9.17) is 0 Å². The molecule has 3 aromatic rings. The highest BCUT2D eigenvalue weighted by Gasteiger charge is 2.13. The molecule has 0 radical (unpaired) electrons. The van der Waals surface area contributed by atoms with E-state index in [0.717, 1.165) is 21.6 Å². The summed E-state index contributed by atoms with van der Waals surface area (Å²) in [5, 5.41) is 0.509. The van der Waals surface area contributed by atoms with Gasteiger partial charge in [-0.2, -0.15) is 0 Å². The second-order valence-corrected chi connectivity index (χ2v) is 6.43. The Balaban J connectivity index is 1.96. The second-order valence-electron chi connectivity index (χ2n) is 5.30. The van der Waals surface area contributed by atoms with E-state index in [9.17, 15) is 9.59 Å². The average Bonchev–Trinajstić information content (AvgIpc) is 2.59. The monoisotopic (exact) mass is 327 g/mol. The SMILES string of the molecule is Cn1c(=O)c2c(SCCc3ccccc3)ccnc2n(C)c1=O. The smallest absolute Gasteiger partial charge is 0.280 e. The molecule has 2 heterocycles. The van der Waals surface area contributed by atoms with Gasteiger partial charge in [0, 0.05) is 30.9 Å². The van der Waals surface area contributed by atoms with Crippen LogP contribution < -0.4 is 11.2 Å². The summed E-state index contributed by atoms with van der Waals surface area (Å²) in [7, 11) is 3.13. The first-order chi connectivity index (χ1) is 11.1. The first-order valence-corrected chi connectivity index (χ1v) is 8.29. The van der Waals surface area contributed by atoms with Gasteiger partial charge in [-0.05, 0) is 18.1 Å². The molecule has 0 bridgehead atoms. The summed E-state index contributed by atoms with van der Waals surface area (Å²) in [4.78, 5) is 29.5. The Morgan fingerprint density at radius 3 is 2.52 bits per heavy atom. The zero-order chi connectivity index (χ0) is 16.4. The molecule has 3 rings (SSSR count). The van der Waals surface area contributed by atoms with E-state index in [-0.39, 0.29) is 11.2 Å². The molecule has 0 saturated heterocycles. The lowest BCUT2D eigenvalue weighted by Gasteiger charge is -2.10. The fraction of sp³-hybridized carbons (Fsp3) is 0.235. The van der Waals surface area contributed by atoms with Gasteiger partial charge in [0.15, 0.2) is 0 Å². The van der Waals surface area contributed by atoms with E-state index in [1.165, 1.54) is 17.2 Å². The van der Waals surface area contributed by atoms with Crippen LogP contribution in [0.3, 0.4) is 0 Å². The van der Waals surface area contributed by atoms with Gasteiger partial charge in [-0.3, -0.25) is 13.9 Å². The van der Waals surface area contributed by atoms with Crippen molar-refractivity contribution in [3.63, 3.8) is 0 Å². The molecule has 0 aliphatic rings. The first kappa shape index (κ1) is 15.6. The minimum atomic E-state index is -0.360. The van der Waals surface area contributed by atoms with E-state index < -0.39 is 0 Å². The normalized spacial score (nSPS) is 11.0. The molecule has 0 atom stereocenters. The van der Waals surface area contributed by atoms with E-state index in [1.807, 2.05) is 24.3 Å². The maximum atomic E-state index is 12.5. The third-order valence-electron chi connectivity index (χ3n) is 3.79. The van der Waals surface area contributed by atoms with Crippen LogP contribution in [0.1, 0.15) is 5.56 Å². The number of aromatic nitrogens is 3. The largest absolute Gasteiger partial charge is 0.332 e. The number of nitrogens with zero attached hydrogens (tertiary/aromatic N) is 3. The molecule has 6 heteroatoms. The van der Waals surface area contributed by atoms with Gasteiger partial charge in [0.05, 0.1) is 5.39 Å². The van der Waals surface area contributed by atoms with Crippen molar-refractivity contribution in [3.05, 3.63) is 69.0 Å². The lowest BCUT2D eigenvalue weighted by molar-refractivity contribution is 0.706. The molecule has 118 valence electrons. The molecule has 0 aliphatic carbocycles. The Labute approximate surface area is 137 Å². The highest BCUT2D eigenvalue weighted by molar-refractivity contribution is 7.99. The summed E-state index contributed by atoms with van der Waals surface area (Å²) >= 11 is 1.61. The van der Waals surface area contributed by atoms with Crippen molar-refractivity contribution in [1.29, 1.82) is 0 Å². The van der Waals surface area contributed by atoms with Crippen LogP contribution >= 0.6 is 11.8 Å². The number of thioether (sulfide) groups is 1. The predicted molar refractivity (Wildman–Crippen MR) is 93.1 cm³/mol. The maximum absolute atomic E-state index is 12.5. The van der Waals surface area contributed by atoms with E-state index in [1.54, 1.807) is 25.0 Å². The molecule has 0 fully saturated rings. The van der Waals surface area contributed by atoms with Gasteiger partial charge in [0.1, 0.15) is 5.65 Å². The predicted octanol–water partition coefficient (Wildman–Crippen LogP) is 1.97. The van der Waals surface area contributed by atoms with E-state index in [0.29, 0.717) is 11.0 Å². The molecule has 5 nitrogen and oxygen atoms in total. The van der Waals surface area contributed by atoms with Crippen LogP contribution in [0.4, 0.5) is 0 Å². The minimum Gasteiger partial charge on any atom is -0.280 e. The summed E-state index contributed by atoms with van der Waals surface area (Å²) < 4.78 is 2.54. The van der Waals surface area contributed by atoms with Crippen molar-refractivity contribution in [2.24, 2.45) is 14.1 Å². The quantitative estimate of drug-likeness (QED) is 0.688. The van der Waals surface area contributed by atoms with Crippen LogP contribution in [0.2, 0.25) is 0 Å². The second kappa shape index (κ2) is 6.42. The minimum absolute atomic E-state index is 0.293. The Morgan fingerprint density at radius 2 is 1.78 bits per heavy atom. The Bertz CT molecular complexity index is 961.